The summed E-state index contributed by atoms with van der Waals surface area (Å²) >= 11 is 0. The van der Waals surface area contributed by atoms with Crippen molar-refractivity contribution in [2.24, 2.45) is 0 Å². The first kappa shape index (κ1) is 20.1. The lowest BCUT2D eigenvalue weighted by Crippen LogP contribution is -2.44. The Kier molecular flexibility index (Phi) is 5.81. The predicted molar refractivity (Wildman–Crippen MR) is 118 cm³/mol. The first-order valence-corrected chi connectivity index (χ1v) is 10.1. The van der Waals surface area contributed by atoms with Gasteiger partial charge in [0.25, 0.3) is 0 Å². The zero-order valence-corrected chi connectivity index (χ0v) is 17.3. The highest BCUT2D eigenvalue weighted by Crippen LogP contribution is 2.26. The molecule has 1 aliphatic heterocycles. The number of nitrogens with one attached hydrogen (secondary N) is 2. The lowest BCUT2D eigenvalue weighted by Gasteiger charge is -2.33. The second-order valence-electron chi connectivity index (χ2n) is 7.75. The Bertz CT molecular complexity index is 1050. The van der Waals surface area contributed by atoms with Gasteiger partial charge in [0.05, 0.1) is 5.52 Å². The molecule has 2 amide bonds. The number of nitrogens with zero attached hydrogens (tertiary/aromatic N) is 3. The first-order chi connectivity index (χ1) is 14.5. The Morgan fingerprint density at radius 2 is 1.80 bits per heavy atom. The van der Waals surface area contributed by atoms with Crippen molar-refractivity contribution >= 4 is 28.4 Å². The number of amides is 2. The van der Waals surface area contributed by atoms with Crippen LogP contribution in [-0.4, -0.2) is 49.1 Å². The molecule has 0 atom stereocenters. The third-order valence-corrected chi connectivity index (χ3v) is 5.45. The molecule has 0 bridgehead atoms. The molecule has 3 aromatic rings. The maximum atomic E-state index is 13.0. The number of halogens is 1. The van der Waals surface area contributed by atoms with Crippen LogP contribution in [0.25, 0.3) is 10.9 Å². The van der Waals surface area contributed by atoms with Crippen LogP contribution >= 0.6 is 0 Å². The minimum atomic E-state index is -0.307. The van der Waals surface area contributed by atoms with Crippen molar-refractivity contribution in [3.05, 3.63) is 65.5 Å². The predicted octanol–water partition coefficient (Wildman–Crippen LogP) is 3.76. The summed E-state index contributed by atoms with van der Waals surface area (Å²) in [6.07, 6.45) is 0. The Morgan fingerprint density at radius 1 is 1.07 bits per heavy atom. The number of hydrogen-bond acceptors (Lipinski definition) is 4. The molecule has 0 radical (unpaired) electrons. The van der Waals surface area contributed by atoms with E-state index in [0.29, 0.717) is 12.2 Å². The van der Waals surface area contributed by atoms with Gasteiger partial charge < -0.3 is 20.4 Å². The fraction of sp³-hybridized carbons (Fsp3) is 0.304. The van der Waals surface area contributed by atoms with E-state index in [1.54, 1.807) is 12.1 Å². The van der Waals surface area contributed by atoms with Crippen LogP contribution in [0.3, 0.4) is 0 Å². The van der Waals surface area contributed by atoms with Crippen molar-refractivity contribution in [1.82, 2.24) is 15.2 Å². The molecule has 1 saturated heterocycles. The van der Waals surface area contributed by atoms with E-state index in [9.17, 15) is 9.18 Å². The number of aryl methyl sites for hydroxylation is 1. The standard InChI is InChI=1S/C23H26FN5O/c1-16-13-22(29-11-9-28(2)10-12-29)27-21-8-7-19(14-20(16)21)26-23(30)25-15-17-3-5-18(24)6-4-17/h3-8,13-14H,9-12,15H2,1-2H3,(H2,25,26,30). The van der Waals surface area contributed by atoms with E-state index in [1.165, 1.54) is 12.1 Å². The molecule has 6 nitrogen and oxygen atoms in total. The van der Waals surface area contributed by atoms with Crippen molar-refractivity contribution < 1.29 is 9.18 Å². The van der Waals surface area contributed by atoms with E-state index in [4.69, 9.17) is 4.98 Å². The van der Waals surface area contributed by atoms with E-state index in [0.717, 1.165) is 54.0 Å². The molecule has 0 unspecified atom stereocenters. The molecule has 0 aliphatic carbocycles. The topological polar surface area (TPSA) is 60.5 Å². The smallest absolute Gasteiger partial charge is 0.319 e. The molecular weight excluding hydrogens is 381 g/mol. The maximum Gasteiger partial charge on any atom is 0.319 e. The van der Waals surface area contributed by atoms with Crippen molar-refractivity contribution in [2.75, 3.05) is 43.4 Å². The van der Waals surface area contributed by atoms with Crippen LogP contribution in [0.1, 0.15) is 11.1 Å². The number of benzene rings is 2. The summed E-state index contributed by atoms with van der Waals surface area (Å²) in [5.74, 6) is 0.713. The molecule has 2 heterocycles. The molecule has 1 aromatic heterocycles. The number of fused-ring (bicyclic) bond motifs is 1. The summed E-state index contributed by atoms with van der Waals surface area (Å²) in [4.78, 5) is 21.7. The molecule has 4 rings (SSSR count). The fourth-order valence-electron chi connectivity index (χ4n) is 3.61. The fourth-order valence-corrected chi connectivity index (χ4v) is 3.61. The number of anilines is 2. The molecule has 7 heteroatoms. The maximum absolute atomic E-state index is 13.0. The second-order valence-corrected chi connectivity index (χ2v) is 7.75. The van der Waals surface area contributed by atoms with E-state index in [1.807, 2.05) is 18.2 Å². The van der Waals surface area contributed by atoms with Gasteiger partial charge in [-0.25, -0.2) is 14.2 Å². The Labute approximate surface area is 175 Å². The number of likely N-dealkylation sites (N-methyl/N-ethyl adjacent to an activating group) is 1. The minimum Gasteiger partial charge on any atom is -0.354 e. The molecule has 1 aliphatic rings. The van der Waals surface area contributed by atoms with E-state index >= 15 is 0 Å². The van der Waals surface area contributed by atoms with Crippen LogP contribution in [0.2, 0.25) is 0 Å². The Balaban J connectivity index is 1.43. The third kappa shape index (κ3) is 4.68. The van der Waals surface area contributed by atoms with E-state index in [-0.39, 0.29) is 11.8 Å². The van der Waals surface area contributed by atoms with Gasteiger partial charge in [-0.2, -0.15) is 0 Å². The lowest BCUT2D eigenvalue weighted by molar-refractivity contribution is 0.251. The van der Waals surface area contributed by atoms with Gasteiger partial charge in [0.1, 0.15) is 11.6 Å². The molecule has 2 N–H and O–H groups in total. The molecule has 1 fully saturated rings. The van der Waals surface area contributed by atoms with Crippen molar-refractivity contribution in [3.63, 3.8) is 0 Å². The molecule has 156 valence electrons. The van der Waals surface area contributed by atoms with E-state index in [2.05, 4.69) is 40.5 Å². The summed E-state index contributed by atoms with van der Waals surface area (Å²) in [6.45, 7) is 6.42. The summed E-state index contributed by atoms with van der Waals surface area (Å²) in [6, 6.07) is 13.6. The number of piperazine rings is 1. The van der Waals surface area contributed by atoms with Gasteiger partial charge in [0.15, 0.2) is 0 Å². The van der Waals surface area contributed by atoms with Crippen LogP contribution in [0.15, 0.2) is 48.5 Å². The highest BCUT2D eigenvalue weighted by Gasteiger charge is 2.16. The molecule has 0 spiro atoms. The SMILES string of the molecule is Cc1cc(N2CCN(C)CC2)nc2ccc(NC(=O)NCc3ccc(F)cc3)cc12. The van der Waals surface area contributed by atoms with Crippen molar-refractivity contribution in [2.45, 2.75) is 13.5 Å². The Hall–Kier alpha value is -3.19. The van der Waals surface area contributed by atoms with Gasteiger partial charge in [-0.3, -0.25) is 0 Å². The number of rotatable bonds is 4. The quantitative estimate of drug-likeness (QED) is 0.692. The molecule has 30 heavy (non-hydrogen) atoms. The molecule has 2 aromatic carbocycles. The largest absolute Gasteiger partial charge is 0.354 e. The average molecular weight is 407 g/mol. The first-order valence-electron chi connectivity index (χ1n) is 10.1. The van der Waals surface area contributed by atoms with Gasteiger partial charge in [-0.05, 0) is 61.5 Å². The van der Waals surface area contributed by atoms with Gasteiger partial charge in [0.2, 0.25) is 0 Å². The summed E-state index contributed by atoms with van der Waals surface area (Å²) < 4.78 is 13.0. The number of hydrogen-bond donors (Lipinski definition) is 2. The normalized spacial score (nSPS) is 14.7. The molecular formula is C23H26FN5O. The number of urea groups is 1. The Morgan fingerprint density at radius 3 is 2.53 bits per heavy atom. The minimum absolute atomic E-state index is 0.292. The zero-order valence-electron chi connectivity index (χ0n) is 17.3. The number of aromatic nitrogens is 1. The number of carbonyl (C=O) groups is 1. The third-order valence-electron chi connectivity index (χ3n) is 5.45. The summed E-state index contributed by atoms with van der Waals surface area (Å²) in [5.41, 5.74) is 3.59. The summed E-state index contributed by atoms with van der Waals surface area (Å²) in [7, 11) is 2.14. The number of pyridine rings is 1. The van der Waals surface area contributed by atoms with Crippen molar-refractivity contribution in [3.8, 4) is 0 Å². The van der Waals surface area contributed by atoms with Gasteiger partial charge in [-0.1, -0.05) is 12.1 Å². The van der Waals surface area contributed by atoms with Crippen LogP contribution in [0, 0.1) is 12.7 Å². The second kappa shape index (κ2) is 8.67. The van der Waals surface area contributed by atoms with Gasteiger partial charge >= 0.3 is 6.03 Å². The van der Waals surface area contributed by atoms with Crippen LogP contribution in [0.4, 0.5) is 20.7 Å². The highest BCUT2D eigenvalue weighted by molar-refractivity contribution is 5.94. The molecule has 0 saturated carbocycles. The number of carbonyl (C=O) groups excluding carboxylic acids is 1. The van der Waals surface area contributed by atoms with Crippen LogP contribution in [0.5, 0.6) is 0 Å². The summed E-state index contributed by atoms with van der Waals surface area (Å²) in [5, 5.41) is 6.66. The van der Waals surface area contributed by atoms with Crippen LogP contribution in [-0.2, 0) is 6.54 Å². The zero-order chi connectivity index (χ0) is 21.1. The van der Waals surface area contributed by atoms with Gasteiger partial charge in [0, 0.05) is 43.8 Å². The van der Waals surface area contributed by atoms with Crippen molar-refractivity contribution in [1.29, 1.82) is 0 Å². The highest BCUT2D eigenvalue weighted by atomic mass is 19.1. The monoisotopic (exact) mass is 407 g/mol. The lowest BCUT2D eigenvalue weighted by atomic mass is 10.1. The van der Waals surface area contributed by atoms with Crippen LogP contribution < -0.4 is 15.5 Å². The van der Waals surface area contributed by atoms with Gasteiger partial charge in [-0.15, -0.1) is 0 Å². The average Bonchev–Trinajstić information content (AvgIpc) is 2.74. The van der Waals surface area contributed by atoms with E-state index < -0.39 is 0 Å².